The van der Waals surface area contributed by atoms with E-state index < -0.39 is 24.7 Å². The molecule has 0 bridgehead atoms. The second-order valence-electron chi connectivity index (χ2n) is 9.65. The van der Waals surface area contributed by atoms with Gasteiger partial charge < -0.3 is 9.84 Å². The molecule has 39 heavy (non-hydrogen) atoms. The lowest BCUT2D eigenvalue weighted by atomic mass is 9.97. The van der Waals surface area contributed by atoms with E-state index in [-0.39, 0.29) is 29.5 Å². The van der Waals surface area contributed by atoms with Crippen LogP contribution in [0.4, 0.5) is 24.5 Å². The highest BCUT2D eigenvalue weighted by Gasteiger charge is 2.44. The molecule has 0 spiro atoms. The van der Waals surface area contributed by atoms with Gasteiger partial charge in [-0.25, -0.2) is 4.79 Å². The molecular weight excluding hydrogens is 507 g/mol. The molecule has 0 saturated heterocycles. The van der Waals surface area contributed by atoms with Crippen molar-refractivity contribution in [1.29, 1.82) is 0 Å². The van der Waals surface area contributed by atoms with Crippen LogP contribution < -0.4 is 9.64 Å². The number of carbonyl (C=O) groups is 2. The van der Waals surface area contributed by atoms with Gasteiger partial charge in [0.25, 0.3) is 0 Å². The van der Waals surface area contributed by atoms with E-state index in [0.717, 1.165) is 16.3 Å². The van der Waals surface area contributed by atoms with Crippen molar-refractivity contribution in [3.8, 4) is 5.75 Å². The molecule has 202 valence electrons. The number of hydrogen-bond donors (Lipinski definition) is 1. The number of carbonyl (C=O) groups excluding carboxylic acids is 1. The Morgan fingerprint density at radius 1 is 0.872 bits per heavy atom. The summed E-state index contributed by atoms with van der Waals surface area (Å²) in [5.41, 5.74) is 2.08. The number of carboxylic acids is 1. The number of hydrogen-bond acceptors (Lipinski definition) is 3. The van der Waals surface area contributed by atoms with Gasteiger partial charge in [0.05, 0.1) is 5.69 Å². The summed E-state index contributed by atoms with van der Waals surface area (Å²) in [7, 11) is 0. The summed E-state index contributed by atoms with van der Waals surface area (Å²) in [6, 6.07) is 24.2. The first-order chi connectivity index (χ1) is 18.5. The molecule has 1 N–H and O–H groups in total. The Labute approximate surface area is 224 Å². The van der Waals surface area contributed by atoms with Crippen LogP contribution >= 0.6 is 0 Å². The first kappa shape index (κ1) is 27.7. The zero-order valence-corrected chi connectivity index (χ0v) is 21.5. The van der Waals surface area contributed by atoms with Gasteiger partial charge in [0, 0.05) is 17.7 Å². The quantitative estimate of drug-likeness (QED) is 0.244. The van der Waals surface area contributed by atoms with Crippen molar-refractivity contribution in [2.75, 3.05) is 11.5 Å². The van der Waals surface area contributed by atoms with Crippen molar-refractivity contribution in [2.24, 2.45) is 5.92 Å². The van der Waals surface area contributed by atoms with E-state index >= 15 is 0 Å². The third-order valence-corrected chi connectivity index (χ3v) is 6.22. The van der Waals surface area contributed by atoms with Crippen molar-refractivity contribution in [1.82, 2.24) is 0 Å². The van der Waals surface area contributed by atoms with E-state index in [9.17, 15) is 22.8 Å². The summed E-state index contributed by atoms with van der Waals surface area (Å²) in [5, 5.41) is 11.1. The average Bonchev–Trinajstić information content (AvgIpc) is 2.88. The number of ether oxygens (including phenoxy) is 1. The molecule has 0 aliphatic heterocycles. The van der Waals surface area contributed by atoms with Crippen molar-refractivity contribution in [3.63, 3.8) is 0 Å². The van der Waals surface area contributed by atoms with Crippen LogP contribution in [0.1, 0.15) is 30.5 Å². The molecule has 0 atom stereocenters. The van der Waals surface area contributed by atoms with Gasteiger partial charge in [-0.05, 0) is 58.5 Å². The Bertz CT molecular complexity index is 1490. The smallest absolute Gasteiger partial charge is 0.472 e. The normalized spacial score (nSPS) is 11.5. The van der Waals surface area contributed by atoms with Crippen molar-refractivity contribution in [3.05, 3.63) is 102 Å². The number of benzene rings is 4. The van der Waals surface area contributed by atoms with Gasteiger partial charge in [0.2, 0.25) is 0 Å². The number of fused-ring (bicyclic) bond motifs is 1. The molecule has 0 radical (unpaired) electrons. The number of alkyl halides is 3. The molecular formula is C31H28F3NO4. The molecule has 4 rings (SSSR count). The molecule has 1 amide bonds. The summed E-state index contributed by atoms with van der Waals surface area (Å²) in [4.78, 5) is 24.7. The topological polar surface area (TPSA) is 66.8 Å². The zero-order valence-electron chi connectivity index (χ0n) is 21.5. The molecule has 0 unspecified atom stereocenters. The van der Waals surface area contributed by atoms with Crippen LogP contribution in [0.2, 0.25) is 0 Å². The van der Waals surface area contributed by atoms with Crippen LogP contribution in [0.25, 0.3) is 10.8 Å². The minimum Gasteiger partial charge on any atom is -0.482 e. The molecule has 0 aromatic heterocycles. The van der Waals surface area contributed by atoms with Crippen LogP contribution in [-0.4, -0.2) is 29.8 Å². The second kappa shape index (κ2) is 11.6. The van der Waals surface area contributed by atoms with Gasteiger partial charge in [-0.1, -0.05) is 74.5 Å². The summed E-state index contributed by atoms with van der Waals surface area (Å²) in [5.74, 6) is -2.85. The maximum Gasteiger partial charge on any atom is 0.472 e. The largest absolute Gasteiger partial charge is 0.482 e. The first-order valence-corrected chi connectivity index (χ1v) is 12.5. The Kier molecular flexibility index (Phi) is 8.24. The Morgan fingerprint density at radius 2 is 1.54 bits per heavy atom. The summed E-state index contributed by atoms with van der Waals surface area (Å²) < 4.78 is 47.2. The van der Waals surface area contributed by atoms with Crippen LogP contribution in [0.5, 0.6) is 5.75 Å². The van der Waals surface area contributed by atoms with Gasteiger partial charge in [-0.3, -0.25) is 9.69 Å². The van der Waals surface area contributed by atoms with Gasteiger partial charge in [0.1, 0.15) is 5.75 Å². The number of anilines is 2. The Morgan fingerprint density at radius 3 is 2.26 bits per heavy atom. The molecule has 0 heterocycles. The van der Waals surface area contributed by atoms with E-state index in [0.29, 0.717) is 22.4 Å². The second-order valence-corrected chi connectivity index (χ2v) is 9.65. The summed E-state index contributed by atoms with van der Waals surface area (Å²) >= 11 is 0. The predicted octanol–water partition coefficient (Wildman–Crippen LogP) is 7.32. The predicted molar refractivity (Wildman–Crippen MR) is 145 cm³/mol. The molecule has 0 aliphatic rings. The van der Waals surface area contributed by atoms with Crippen molar-refractivity contribution in [2.45, 2.75) is 32.9 Å². The summed E-state index contributed by atoms with van der Waals surface area (Å²) in [6.45, 7) is 3.28. The SMILES string of the molecule is CC(C)Cc1ccccc1N(C(=O)C(F)(F)F)c1ccc(OCC(=O)O)c(Cc2cccc3ccccc23)c1. The molecule has 5 nitrogen and oxygen atoms in total. The first-order valence-electron chi connectivity index (χ1n) is 12.5. The van der Waals surface area contributed by atoms with Gasteiger partial charge in [0.15, 0.2) is 6.61 Å². The summed E-state index contributed by atoms with van der Waals surface area (Å²) in [6.07, 6.45) is -4.41. The minimum atomic E-state index is -5.13. The fraction of sp³-hybridized carbons (Fsp3) is 0.226. The number of carboxylic acid groups (broad SMARTS) is 1. The number of halogens is 3. The van der Waals surface area contributed by atoms with Gasteiger partial charge in [-0.2, -0.15) is 13.2 Å². The third-order valence-electron chi connectivity index (χ3n) is 6.22. The lowest BCUT2D eigenvalue weighted by Gasteiger charge is -2.27. The van der Waals surface area contributed by atoms with E-state index in [1.807, 2.05) is 56.3 Å². The van der Waals surface area contributed by atoms with Gasteiger partial charge in [-0.15, -0.1) is 0 Å². The molecule has 0 fully saturated rings. The maximum atomic E-state index is 13.9. The van der Waals surface area contributed by atoms with E-state index in [1.165, 1.54) is 24.3 Å². The van der Waals surface area contributed by atoms with E-state index in [2.05, 4.69) is 0 Å². The highest BCUT2D eigenvalue weighted by molar-refractivity contribution is 6.04. The number of aliphatic carboxylic acids is 1. The standard InChI is InChI=1S/C31H28F3NO4/c1-20(2)16-23-9-4-6-13-27(23)35(30(38)31(32,33)34)25-14-15-28(39-19-29(36)37)24(18-25)17-22-11-7-10-21-8-3-5-12-26(21)22/h3-15,18,20H,16-17,19H2,1-2H3,(H,36,37). The highest BCUT2D eigenvalue weighted by atomic mass is 19.4. The molecule has 0 saturated carbocycles. The molecule has 4 aromatic rings. The molecule has 4 aromatic carbocycles. The highest BCUT2D eigenvalue weighted by Crippen LogP contribution is 2.37. The van der Waals surface area contributed by atoms with Crippen LogP contribution in [0.15, 0.2) is 84.9 Å². The van der Waals surface area contributed by atoms with Crippen molar-refractivity contribution >= 4 is 34.0 Å². The average molecular weight is 536 g/mol. The van der Waals surface area contributed by atoms with Crippen LogP contribution in [0.3, 0.4) is 0 Å². The maximum absolute atomic E-state index is 13.9. The van der Waals surface area contributed by atoms with E-state index in [1.54, 1.807) is 18.2 Å². The van der Waals surface area contributed by atoms with Gasteiger partial charge >= 0.3 is 18.1 Å². The van der Waals surface area contributed by atoms with Crippen LogP contribution in [0, 0.1) is 5.92 Å². The number of rotatable bonds is 9. The third kappa shape index (κ3) is 6.57. The minimum absolute atomic E-state index is 0.00597. The van der Waals surface area contributed by atoms with E-state index in [4.69, 9.17) is 9.84 Å². The van der Waals surface area contributed by atoms with Crippen LogP contribution in [-0.2, 0) is 22.4 Å². The number of para-hydroxylation sites is 1. The lowest BCUT2D eigenvalue weighted by Crippen LogP contribution is -2.38. The molecule has 0 aliphatic carbocycles. The Balaban J connectivity index is 1.87. The number of amides is 1. The zero-order chi connectivity index (χ0) is 28.2. The number of nitrogens with zero attached hydrogens (tertiary/aromatic N) is 1. The fourth-order valence-electron chi connectivity index (χ4n) is 4.61. The molecule has 8 heteroatoms. The monoisotopic (exact) mass is 535 g/mol. The lowest BCUT2D eigenvalue weighted by molar-refractivity contribution is -0.169. The van der Waals surface area contributed by atoms with Crippen molar-refractivity contribution < 1.29 is 32.6 Å². The Hall–Kier alpha value is -4.33. The fourth-order valence-corrected chi connectivity index (χ4v) is 4.61.